The Kier molecular flexibility index (Phi) is 4.98. The zero-order valence-electron chi connectivity index (χ0n) is 8.98. The Bertz CT molecular complexity index is 272. The largest absolute Gasteiger partial charge is 0.396 e. The van der Waals surface area contributed by atoms with E-state index in [0.29, 0.717) is 6.61 Å². The van der Waals surface area contributed by atoms with Crippen molar-refractivity contribution in [2.24, 2.45) is 5.92 Å². The molecule has 0 amide bonds. The van der Waals surface area contributed by atoms with Gasteiger partial charge in [0.2, 0.25) is 10.0 Å². The summed E-state index contributed by atoms with van der Waals surface area (Å²) in [5, 5.41) is 8.76. The van der Waals surface area contributed by atoms with Crippen molar-refractivity contribution in [2.45, 2.75) is 25.9 Å². The number of aliphatic hydroxyl groups is 1. The van der Waals surface area contributed by atoms with Gasteiger partial charge in [0.25, 0.3) is 0 Å². The Hall–Kier alpha value is -0.170. The highest BCUT2D eigenvalue weighted by Gasteiger charge is 2.23. The molecule has 0 radical (unpaired) electrons. The summed E-state index contributed by atoms with van der Waals surface area (Å²) in [6, 6.07) is 0. The van der Waals surface area contributed by atoms with Crippen molar-refractivity contribution in [3.63, 3.8) is 0 Å². The van der Waals surface area contributed by atoms with Gasteiger partial charge in [-0.1, -0.05) is 6.92 Å². The van der Waals surface area contributed by atoms with Crippen molar-refractivity contribution in [1.82, 2.24) is 4.72 Å². The third kappa shape index (κ3) is 4.92. The summed E-state index contributed by atoms with van der Waals surface area (Å²) in [7, 11) is -3.26. The fraction of sp³-hybridized carbons (Fsp3) is 1.00. The molecule has 0 aromatic rings. The molecular formula is C9H19NO4S. The van der Waals surface area contributed by atoms with Crippen LogP contribution in [0.4, 0.5) is 0 Å². The molecule has 0 aliphatic carbocycles. The van der Waals surface area contributed by atoms with Gasteiger partial charge >= 0.3 is 0 Å². The first-order valence-corrected chi connectivity index (χ1v) is 6.88. The summed E-state index contributed by atoms with van der Waals surface area (Å²) in [4.78, 5) is 0. The van der Waals surface area contributed by atoms with E-state index in [4.69, 9.17) is 9.84 Å². The van der Waals surface area contributed by atoms with Gasteiger partial charge in [-0.25, -0.2) is 13.1 Å². The summed E-state index contributed by atoms with van der Waals surface area (Å²) in [5.74, 6) is -0.0187. The molecule has 6 heteroatoms. The number of sulfonamides is 1. The van der Waals surface area contributed by atoms with Gasteiger partial charge in [0, 0.05) is 19.8 Å². The van der Waals surface area contributed by atoms with Crippen LogP contribution < -0.4 is 4.72 Å². The molecule has 2 N–H and O–H groups in total. The van der Waals surface area contributed by atoms with E-state index in [1.54, 1.807) is 6.92 Å². The summed E-state index contributed by atoms with van der Waals surface area (Å²) in [6.07, 6.45) is 1.59. The molecule has 1 aliphatic heterocycles. The monoisotopic (exact) mass is 237 g/mol. The average Bonchev–Trinajstić information content (AvgIpc) is 2.66. The van der Waals surface area contributed by atoms with Crippen molar-refractivity contribution < 1.29 is 18.3 Å². The molecule has 1 aliphatic rings. The lowest BCUT2D eigenvalue weighted by atomic mass is 10.2. The van der Waals surface area contributed by atoms with E-state index in [0.717, 1.165) is 12.8 Å². The van der Waals surface area contributed by atoms with Gasteiger partial charge in [-0.05, 0) is 18.8 Å². The van der Waals surface area contributed by atoms with Crippen LogP contribution in [0.2, 0.25) is 0 Å². The molecule has 2 atom stereocenters. The van der Waals surface area contributed by atoms with Crippen molar-refractivity contribution in [2.75, 3.05) is 25.5 Å². The minimum absolute atomic E-state index is 0.0115. The minimum atomic E-state index is -3.26. The van der Waals surface area contributed by atoms with Crippen molar-refractivity contribution in [1.29, 1.82) is 0 Å². The number of hydrogen-bond donors (Lipinski definition) is 2. The Balaban J connectivity index is 2.31. The van der Waals surface area contributed by atoms with E-state index in [1.165, 1.54) is 0 Å². The standard InChI is InChI=1S/C9H19NO4S/c1-8(6-11)5-10-15(12,13)7-9-3-2-4-14-9/h8-11H,2-7H2,1H3. The van der Waals surface area contributed by atoms with E-state index in [-0.39, 0.29) is 30.9 Å². The van der Waals surface area contributed by atoms with Crippen molar-refractivity contribution in [3.05, 3.63) is 0 Å². The molecule has 0 aromatic heterocycles. The molecule has 0 saturated carbocycles. The van der Waals surface area contributed by atoms with Crippen LogP contribution in [0.5, 0.6) is 0 Å². The van der Waals surface area contributed by atoms with E-state index in [2.05, 4.69) is 4.72 Å². The molecule has 0 aromatic carbocycles. The van der Waals surface area contributed by atoms with Gasteiger partial charge in [0.15, 0.2) is 0 Å². The molecule has 1 fully saturated rings. The third-order valence-corrected chi connectivity index (χ3v) is 3.81. The van der Waals surface area contributed by atoms with Crippen LogP contribution in [0.15, 0.2) is 0 Å². The Morgan fingerprint density at radius 2 is 2.33 bits per heavy atom. The maximum Gasteiger partial charge on any atom is 0.214 e. The summed E-state index contributed by atoms with van der Waals surface area (Å²) in [6.45, 7) is 2.72. The van der Waals surface area contributed by atoms with Crippen LogP contribution in [0, 0.1) is 5.92 Å². The number of rotatable bonds is 6. The van der Waals surface area contributed by atoms with Crippen LogP contribution in [0.1, 0.15) is 19.8 Å². The van der Waals surface area contributed by atoms with Crippen molar-refractivity contribution in [3.8, 4) is 0 Å². The van der Waals surface area contributed by atoms with Crippen LogP contribution in [-0.4, -0.2) is 45.1 Å². The molecule has 1 heterocycles. The van der Waals surface area contributed by atoms with E-state index >= 15 is 0 Å². The Morgan fingerprint density at radius 1 is 1.60 bits per heavy atom. The number of aliphatic hydroxyl groups excluding tert-OH is 1. The molecule has 5 nitrogen and oxygen atoms in total. The highest BCUT2D eigenvalue weighted by molar-refractivity contribution is 7.89. The van der Waals surface area contributed by atoms with E-state index in [9.17, 15) is 8.42 Å². The van der Waals surface area contributed by atoms with Crippen molar-refractivity contribution >= 4 is 10.0 Å². The van der Waals surface area contributed by atoms with E-state index in [1.807, 2.05) is 0 Å². The van der Waals surface area contributed by atoms with Gasteiger partial charge < -0.3 is 9.84 Å². The molecule has 0 bridgehead atoms. The minimum Gasteiger partial charge on any atom is -0.396 e. The van der Waals surface area contributed by atoms with Gasteiger partial charge in [-0.2, -0.15) is 0 Å². The van der Waals surface area contributed by atoms with Crippen LogP contribution in [0.3, 0.4) is 0 Å². The molecule has 0 spiro atoms. The quantitative estimate of drug-likeness (QED) is 0.666. The number of nitrogens with one attached hydrogen (secondary N) is 1. The maximum absolute atomic E-state index is 11.5. The highest BCUT2D eigenvalue weighted by atomic mass is 32.2. The smallest absolute Gasteiger partial charge is 0.214 e. The zero-order chi connectivity index (χ0) is 11.3. The van der Waals surface area contributed by atoms with Crippen LogP contribution in [0.25, 0.3) is 0 Å². The van der Waals surface area contributed by atoms with Crippen LogP contribution >= 0.6 is 0 Å². The fourth-order valence-corrected chi connectivity index (χ4v) is 2.82. The lowest BCUT2D eigenvalue weighted by Gasteiger charge is -2.13. The third-order valence-electron chi connectivity index (χ3n) is 2.39. The maximum atomic E-state index is 11.5. The molecule has 90 valence electrons. The van der Waals surface area contributed by atoms with Crippen LogP contribution in [-0.2, 0) is 14.8 Å². The molecule has 2 unspecified atom stereocenters. The number of hydrogen-bond acceptors (Lipinski definition) is 4. The second-order valence-electron chi connectivity index (χ2n) is 4.05. The first kappa shape index (κ1) is 12.9. The first-order valence-electron chi connectivity index (χ1n) is 5.23. The molecule has 15 heavy (non-hydrogen) atoms. The van der Waals surface area contributed by atoms with Gasteiger partial charge in [0.05, 0.1) is 11.9 Å². The second kappa shape index (κ2) is 5.79. The average molecular weight is 237 g/mol. The van der Waals surface area contributed by atoms with Gasteiger partial charge in [-0.15, -0.1) is 0 Å². The fourth-order valence-electron chi connectivity index (χ4n) is 1.41. The molecule has 1 saturated heterocycles. The topological polar surface area (TPSA) is 75.6 Å². The Morgan fingerprint density at radius 3 is 2.87 bits per heavy atom. The lowest BCUT2D eigenvalue weighted by Crippen LogP contribution is -2.35. The van der Waals surface area contributed by atoms with Gasteiger partial charge in [0.1, 0.15) is 0 Å². The second-order valence-corrected chi connectivity index (χ2v) is 5.90. The normalized spacial score (nSPS) is 24.3. The summed E-state index contributed by atoms with van der Waals surface area (Å²) in [5.41, 5.74) is 0. The summed E-state index contributed by atoms with van der Waals surface area (Å²) >= 11 is 0. The Labute approximate surface area is 90.9 Å². The van der Waals surface area contributed by atoms with Gasteiger partial charge in [-0.3, -0.25) is 0 Å². The molecular weight excluding hydrogens is 218 g/mol. The SMILES string of the molecule is CC(CO)CNS(=O)(=O)CC1CCCO1. The summed E-state index contributed by atoms with van der Waals surface area (Å²) < 4.78 is 30.8. The number of ether oxygens (including phenoxy) is 1. The highest BCUT2D eigenvalue weighted by Crippen LogP contribution is 2.13. The predicted molar refractivity (Wildman–Crippen MR) is 57.0 cm³/mol. The molecule has 1 rings (SSSR count). The zero-order valence-corrected chi connectivity index (χ0v) is 9.79. The van der Waals surface area contributed by atoms with E-state index < -0.39 is 10.0 Å². The first-order chi connectivity index (χ1) is 7.03. The predicted octanol–water partition coefficient (Wildman–Crippen LogP) is -0.287. The lowest BCUT2D eigenvalue weighted by molar-refractivity contribution is 0.127.